The summed E-state index contributed by atoms with van der Waals surface area (Å²) in [5.74, 6) is 1.34. The van der Waals surface area contributed by atoms with Crippen molar-refractivity contribution in [3.8, 4) is 22.0 Å². The lowest BCUT2D eigenvalue weighted by atomic mass is 10.2. The third-order valence-electron chi connectivity index (χ3n) is 5.70. The maximum absolute atomic E-state index is 12.8. The van der Waals surface area contributed by atoms with E-state index in [4.69, 9.17) is 4.52 Å². The topological polar surface area (TPSA) is 75.4 Å². The van der Waals surface area contributed by atoms with Crippen LogP contribution in [0.15, 0.2) is 57.1 Å². The van der Waals surface area contributed by atoms with Gasteiger partial charge in [0.05, 0.1) is 18.2 Å². The van der Waals surface area contributed by atoms with Crippen molar-refractivity contribution in [1.29, 1.82) is 0 Å². The smallest absolute Gasteiger partial charge is 0.244 e. The van der Waals surface area contributed by atoms with Crippen LogP contribution in [0.4, 0.5) is 0 Å². The highest BCUT2D eigenvalue weighted by molar-refractivity contribution is 7.14. The van der Waals surface area contributed by atoms with Crippen molar-refractivity contribution in [2.24, 2.45) is 0 Å². The molecule has 4 heterocycles. The first-order chi connectivity index (χ1) is 15.7. The molecule has 0 N–H and O–H groups in total. The number of piperazine rings is 1. The standard InChI is InChI=1S/C23H23N5O2S2/c1-16(22-25-21(26-30-22)17-5-3-2-4-6-17)27-8-10-28(11-9-27)20(29)13-19-15-32-23(24-19)18-7-12-31-14-18/h2-7,12,14-16H,8-11,13H2,1H3. The average Bonchev–Trinajstić information content (AvgIpc) is 3.61. The summed E-state index contributed by atoms with van der Waals surface area (Å²) in [6, 6.07) is 11.9. The molecule has 9 heteroatoms. The highest BCUT2D eigenvalue weighted by Gasteiger charge is 2.28. The summed E-state index contributed by atoms with van der Waals surface area (Å²) in [6.07, 6.45) is 0.348. The van der Waals surface area contributed by atoms with Gasteiger partial charge in [-0.1, -0.05) is 35.5 Å². The molecule has 5 rings (SSSR count). The van der Waals surface area contributed by atoms with Crippen LogP contribution < -0.4 is 0 Å². The van der Waals surface area contributed by atoms with Gasteiger partial charge in [0.15, 0.2) is 0 Å². The number of benzene rings is 1. The summed E-state index contributed by atoms with van der Waals surface area (Å²) in [4.78, 5) is 26.2. The molecule has 0 spiro atoms. The molecule has 164 valence electrons. The number of thiophene rings is 1. The summed E-state index contributed by atoms with van der Waals surface area (Å²) >= 11 is 3.24. The number of hydrogen-bond donors (Lipinski definition) is 0. The van der Waals surface area contributed by atoms with Crippen LogP contribution >= 0.6 is 22.7 Å². The SMILES string of the molecule is CC(c1nc(-c2ccccc2)no1)N1CCN(C(=O)Cc2csc(-c3ccsc3)n2)CC1. The van der Waals surface area contributed by atoms with E-state index in [0.29, 0.717) is 31.2 Å². The molecule has 1 atom stereocenters. The Kier molecular flexibility index (Phi) is 6.11. The number of hydrogen-bond acceptors (Lipinski definition) is 8. The van der Waals surface area contributed by atoms with Gasteiger partial charge in [-0.25, -0.2) is 4.98 Å². The Morgan fingerprint density at radius 1 is 1.06 bits per heavy atom. The van der Waals surface area contributed by atoms with E-state index in [1.165, 1.54) is 0 Å². The van der Waals surface area contributed by atoms with Crippen LogP contribution in [0.5, 0.6) is 0 Å². The molecule has 3 aromatic heterocycles. The van der Waals surface area contributed by atoms with Gasteiger partial charge in [-0.15, -0.1) is 11.3 Å². The van der Waals surface area contributed by atoms with Crippen molar-refractivity contribution >= 4 is 28.6 Å². The van der Waals surface area contributed by atoms with Crippen LogP contribution in [0.1, 0.15) is 24.6 Å². The molecule has 7 nitrogen and oxygen atoms in total. The van der Waals surface area contributed by atoms with Crippen molar-refractivity contribution in [3.05, 3.63) is 64.1 Å². The van der Waals surface area contributed by atoms with Crippen molar-refractivity contribution in [2.45, 2.75) is 19.4 Å². The van der Waals surface area contributed by atoms with Gasteiger partial charge >= 0.3 is 0 Å². The molecule has 1 fully saturated rings. The molecule has 1 aliphatic rings. The Hall–Kier alpha value is -2.88. The van der Waals surface area contributed by atoms with Crippen LogP contribution in [0.2, 0.25) is 0 Å². The van der Waals surface area contributed by atoms with E-state index in [1.807, 2.05) is 46.0 Å². The molecule has 1 amide bonds. The lowest BCUT2D eigenvalue weighted by molar-refractivity contribution is -0.132. The number of carbonyl (C=O) groups excluding carboxylic acids is 1. The van der Waals surface area contributed by atoms with Gasteiger partial charge in [-0.05, 0) is 18.4 Å². The summed E-state index contributed by atoms with van der Waals surface area (Å²) < 4.78 is 5.53. The second kappa shape index (κ2) is 9.32. The third kappa shape index (κ3) is 4.50. The molecule has 4 aromatic rings. The van der Waals surface area contributed by atoms with E-state index >= 15 is 0 Å². The van der Waals surface area contributed by atoms with E-state index in [-0.39, 0.29) is 11.9 Å². The lowest BCUT2D eigenvalue weighted by Gasteiger charge is -2.36. The molecule has 32 heavy (non-hydrogen) atoms. The summed E-state index contributed by atoms with van der Waals surface area (Å²) in [7, 11) is 0. The third-order valence-corrected chi connectivity index (χ3v) is 7.32. The minimum Gasteiger partial charge on any atom is -0.340 e. The largest absolute Gasteiger partial charge is 0.340 e. The zero-order chi connectivity index (χ0) is 21.9. The minimum absolute atomic E-state index is 0.00363. The van der Waals surface area contributed by atoms with Crippen molar-refractivity contribution in [1.82, 2.24) is 24.9 Å². The van der Waals surface area contributed by atoms with E-state index in [0.717, 1.165) is 34.9 Å². The van der Waals surface area contributed by atoms with Crippen molar-refractivity contribution in [3.63, 3.8) is 0 Å². The van der Waals surface area contributed by atoms with Gasteiger partial charge in [-0.2, -0.15) is 16.3 Å². The van der Waals surface area contributed by atoms with Crippen LogP contribution in [-0.4, -0.2) is 57.0 Å². The van der Waals surface area contributed by atoms with Crippen LogP contribution in [0, 0.1) is 0 Å². The van der Waals surface area contributed by atoms with Crippen LogP contribution in [0.25, 0.3) is 22.0 Å². The molecule has 1 unspecified atom stereocenters. The van der Waals surface area contributed by atoms with Gasteiger partial charge in [0.25, 0.3) is 0 Å². The monoisotopic (exact) mass is 465 g/mol. The maximum Gasteiger partial charge on any atom is 0.244 e. The van der Waals surface area contributed by atoms with Crippen LogP contribution in [0.3, 0.4) is 0 Å². The predicted octanol–water partition coefficient (Wildman–Crippen LogP) is 4.37. The molecule has 0 aliphatic carbocycles. The molecule has 1 aromatic carbocycles. The quantitative estimate of drug-likeness (QED) is 0.421. The average molecular weight is 466 g/mol. The van der Waals surface area contributed by atoms with Crippen LogP contribution in [-0.2, 0) is 11.2 Å². The fourth-order valence-corrected chi connectivity index (χ4v) is 5.33. The predicted molar refractivity (Wildman–Crippen MR) is 125 cm³/mol. The number of aromatic nitrogens is 3. The number of amides is 1. The van der Waals surface area contributed by atoms with Gasteiger partial charge in [-0.3, -0.25) is 9.69 Å². The second-order valence-corrected chi connectivity index (χ2v) is 9.39. The fourth-order valence-electron chi connectivity index (χ4n) is 3.80. The Morgan fingerprint density at radius 3 is 2.62 bits per heavy atom. The summed E-state index contributed by atoms with van der Waals surface area (Å²) in [5, 5.41) is 11.2. The first kappa shape index (κ1) is 21.0. The Labute approximate surface area is 194 Å². The van der Waals surface area contributed by atoms with Gasteiger partial charge < -0.3 is 9.42 Å². The van der Waals surface area contributed by atoms with E-state index < -0.39 is 0 Å². The summed E-state index contributed by atoms with van der Waals surface area (Å²) in [5.41, 5.74) is 2.91. The van der Waals surface area contributed by atoms with Gasteiger partial charge in [0.2, 0.25) is 17.6 Å². The number of nitrogens with zero attached hydrogens (tertiary/aromatic N) is 5. The first-order valence-electron chi connectivity index (χ1n) is 10.5. The van der Waals surface area contributed by atoms with Crippen molar-refractivity contribution < 1.29 is 9.32 Å². The lowest BCUT2D eigenvalue weighted by Crippen LogP contribution is -2.49. The zero-order valence-corrected chi connectivity index (χ0v) is 19.3. The minimum atomic E-state index is 0.00363. The molecule has 0 bridgehead atoms. The van der Waals surface area contributed by atoms with Crippen molar-refractivity contribution in [2.75, 3.05) is 26.2 Å². The normalized spacial score (nSPS) is 15.7. The second-order valence-electron chi connectivity index (χ2n) is 7.75. The number of thiazole rings is 1. The molecule has 1 aliphatic heterocycles. The highest BCUT2D eigenvalue weighted by Crippen LogP contribution is 2.27. The molecule has 0 saturated carbocycles. The first-order valence-corrected chi connectivity index (χ1v) is 12.4. The fraction of sp³-hybridized carbons (Fsp3) is 0.304. The Balaban J connectivity index is 1.15. The van der Waals surface area contributed by atoms with E-state index in [2.05, 4.69) is 38.4 Å². The number of rotatable bonds is 6. The molecular formula is C23H23N5O2S2. The van der Waals surface area contributed by atoms with Gasteiger partial charge in [0.1, 0.15) is 5.01 Å². The Bertz CT molecular complexity index is 1160. The van der Waals surface area contributed by atoms with Gasteiger partial charge in [0, 0.05) is 48.1 Å². The molecule has 0 radical (unpaired) electrons. The summed E-state index contributed by atoms with van der Waals surface area (Å²) in [6.45, 7) is 4.98. The van der Waals surface area contributed by atoms with E-state index in [1.54, 1.807) is 22.7 Å². The zero-order valence-electron chi connectivity index (χ0n) is 17.7. The maximum atomic E-state index is 12.8. The molecule has 1 saturated heterocycles. The molecular weight excluding hydrogens is 442 g/mol. The highest BCUT2D eigenvalue weighted by atomic mass is 32.1. The Morgan fingerprint density at radius 2 is 1.88 bits per heavy atom. The number of carbonyl (C=O) groups is 1. The van der Waals surface area contributed by atoms with E-state index in [9.17, 15) is 4.79 Å².